The van der Waals surface area contributed by atoms with Crippen molar-refractivity contribution in [2.45, 2.75) is 46.3 Å². The fraction of sp³-hybridized carbons (Fsp3) is 0.167. The molecule has 0 bridgehead atoms. The van der Waals surface area contributed by atoms with Gasteiger partial charge in [0.1, 0.15) is 40.6 Å². The maximum atomic E-state index is 9.42. The summed E-state index contributed by atoms with van der Waals surface area (Å²) in [6.45, 7) is 3.65. The molecular weight excluding hydrogens is 914 g/mol. The summed E-state index contributed by atoms with van der Waals surface area (Å²) in [5.41, 5.74) is 52.7. The van der Waals surface area contributed by atoms with E-state index in [4.69, 9.17) is 66.9 Å². The normalized spacial score (nSPS) is 10.3. The number of hydrogen-bond donors (Lipinski definition) is 11. The second kappa shape index (κ2) is 25.4. The van der Waals surface area contributed by atoms with Gasteiger partial charge in [-0.15, -0.1) is 0 Å². The Labute approximate surface area is 409 Å². The summed E-state index contributed by atoms with van der Waals surface area (Å²) >= 11 is 5.86. The number of nitrogens with one attached hydrogen (secondary N) is 1. The van der Waals surface area contributed by atoms with Gasteiger partial charge < -0.3 is 70.9 Å². The first-order chi connectivity index (χ1) is 33.5. The van der Waals surface area contributed by atoms with Gasteiger partial charge in [-0.3, -0.25) is 0 Å². The van der Waals surface area contributed by atoms with E-state index < -0.39 is 0 Å². The van der Waals surface area contributed by atoms with E-state index in [0.717, 1.165) is 45.1 Å². The van der Waals surface area contributed by atoms with Gasteiger partial charge in [0, 0.05) is 58.6 Å². The van der Waals surface area contributed by atoms with Crippen molar-refractivity contribution in [2.75, 3.05) is 58.3 Å². The molecule has 0 atom stereocenters. The molecular formula is C48H56ClN17O4. The van der Waals surface area contributed by atoms with E-state index in [-0.39, 0.29) is 42.8 Å². The Kier molecular flexibility index (Phi) is 18.9. The van der Waals surface area contributed by atoms with Gasteiger partial charge in [0.15, 0.2) is 0 Å². The molecule has 0 unspecified atom stereocenters. The Hall–Kier alpha value is -8.79. The Balaban J connectivity index is 0.000000175. The molecule has 0 aliphatic heterocycles. The first-order valence-corrected chi connectivity index (χ1v) is 21.7. The van der Waals surface area contributed by atoms with Crippen molar-refractivity contribution in [1.82, 2.24) is 39.9 Å². The maximum absolute atomic E-state index is 9.42. The number of halogens is 1. The second-order valence-corrected chi connectivity index (χ2v) is 15.5. The van der Waals surface area contributed by atoms with Gasteiger partial charge in [0.2, 0.25) is 29.7 Å². The van der Waals surface area contributed by atoms with Crippen LogP contribution in [0.5, 0.6) is 17.4 Å². The highest BCUT2D eigenvalue weighted by atomic mass is 35.5. The van der Waals surface area contributed by atoms with Crippen LogP contribution in [0.1, 0.15) is 51.6 Å². The van der Waals surface area contributed by atoms with E-state index in [1.165, 1.54) is 18.7 Å². The zero-order chi connectivity index (χ0) is 50.7. The minimum Gasteiger partial charge on any atom is -0.496 e. The van der Waals surface area contributed by atoms with Crippen LogP contribution >= 0.6 is 11.6 Å². The summed E-state index contributed by atoms with van der Waals surface area (Å²) in [5.74, 6) is 4.15. The Morgan fingerprint density at radius 1 is 0.600 bits per heavy atom. The van der Waals surface area contributed by atoms with Crippen LogP contribution in [0.25, 0.3) is 0 Å². The van der Waals surface area contributed by atoms with Crippen molar-refractivity contribution in [3.8, 4) is 17.4 Å². The van der Waals surface area contributed by atoms with Gasteiger partial charge in [-0.05, 0) is 78.1 Å². The molecule has 0 fully saturated rings. The number of anilines is 10. The maximum Gasteiger partial charge on any atom is 0.226 e. The summed E-state index contributed by atoms with van der Waals surface area (Å²) in [6, 6.07) is 31.6. The molecule has 21 nitrogen and oxygen atoms in total. The van der Waals surface area contributed by atoms with Crippen LogP contribution in [0.4, 0.5) is 58.6 Å². The fourth-order valence-corrected chi connectivity index (χ4v) is 6.69. The molecule has 4 heterocycles. The summed E-state index contributed by atoms with van der Waals surface area (Å²) in [7, 11) is 1.51. The number of rotatable bonds is 12. The zero-order valence-corrected chi connectivity index (χ0v) is 39.5. The monoisotopic (exact) mass is 969 g/mol. The minimum atomic E-state index is -0.202. The third-order valence-corrected chi connectivity index (χ3v) is 10.0. The number of ether oxygens (including phenoxy) is 2. The molecule has 0 saturated heterocycles. The van der Waals surface area contributed by atoms with E-state index in [2.05, 4.69) is 45.2 Å². The molecule has 22 heteroatoms. The molecule has 4 aromatic heterocycles. The van der Waals surface area contributed by atoms with Crippen LogP contribution in [0.15, 0.2) is 109 Å². The molecule has 0 radical (unpaired) electrons. The lowest BCUT2D eigenvalue weighted by Gasteiger charge is -2.14. The predicted octanol–water partition coefficient (Wildman–Crippen LogP) is 5.80. The lowest BCUT2D eigenvalue weighted by Crippen LogP contribution is -2.09. The van der Waals surface area contributed by atoms with E-state index in [1.807, 2.05) is 92.7 Å². The number of para-hydroxylation sites is 1. The average molecular weight is 971 g/mol. The largest absolute Gasteiger partial charge is 0.496 e. The van der Waals surface area contributed by atoms with Crippen LogP contribution in [0.3, 0.4) is 0 Å². The third-order valence-electron chi connectivity index (χ3n) is 9.75. The highest BCUT2D eigenvalue weighted by Gasteiger charge is 2.14. The van der Waals surface area contributed by atoms with Crippen LogP contribution in [-0.4, -0.2) is 57.2 Å². The molecule has 0 saturated carbocycles. The zero-order valence-electron chi connectivity index (χ0n) is 38.7. The minimum absolute atomic E-state index is 0.0981. The summed E-state index contributed by atoms with van der Waals surface area (Å²) in [4.78, 5) is 31.5. The average Bonchev–Trinajstić information content (AvgIpc) is 3.31. The topological polar surface area (TPSA) is 382 Å². The SMILES string of the molecule is CCc1nc(N)nc(N)c1Cc1ccc(Cl)cc1.COc1cc(Cc2cnc(N)nc2N)cc(CO)c1CO.Cc1cccc(Nc2cc(N)nc(N)n2)c1.Nc1cc(Oc2ccccc2)nc(N)n1. The molecule has 0 spiro atoms. The Morgan fingerprint density at radius 3 is 1.89 bits per heavy atom. The quantitative estimate of drug-likeness (QED) is 0.0689. The summed E-state index contributed by atoms with van der Waals surface area (Å²) < 4.78 is 10.7. The van der Waals surface area contributed by atoms with Gasteiger partial charge in [0.05, 0.1) is 26.0 Å². The first kappa shape index (κ1) is 52.2. The lowest BCUT2D eigenvalue weighted by molar-refractivity contribution is 0.254. The molecule has 0 amide bonds. The van der Waals surface area contributed by atoms with Crippen molar-refractivity contribution in [2.24, 2.45) is 0 Å². The lowest BCUT2D eigenvalue weighted by atomic mass is 9.99. The van der Waals surface area contributed by atoms with Crippen LogP contribution in [0.2, 0.25) is 5.02 Å². The van der Waals surface area contributed by atoms with E-state index in [1.54, 1.807) is 24.4 Å². The number of aryl methyl sites for hydroxylation is 2. The van der Waals surface area contributed by atoms with Crippen molar-refractivity contribution in [3.63, 3.8) is 0 Å². The molecule has 0 aliphatic carbocycles. The standard InChI is InChI=1S/C14H18N4O3.C13H15ClN4.C11H13N5.C10H10N4O/c1-21-12-4-8(3-10(6-19)11(12)7-20)2-9-5-17-14(16)18-13(9)15;1-2-11-10(12(15)18-13(16)17-11)7-8-3-5-9(14)6-4-8;1-7-3-2-4-8(5-7)14-10-6-9(12)15-11(13)16-10;11-8-6-9(14-10(12)13-8)15-7-4-2-1-3-5-7/h3-5,19-20H,2,6-7H2,1H3,(H4,15,16,17,18);3-6H,2,7H2,1H3,(H4,15,16,17,18);2-6H,1H3,(H5,12,13,14,15,16);1-6H,(H4,11,12,13,14). The highest BCUT2D eigenvalue weighted by Crippen LogP contribution is 2.28. The molecule has 0 aliphatic rings. The van der Waals surface area contributed by atoms with Gasteiger partial charge in [-0.25, -0.2) is 9.97 Å². The number of nitrogen functional groups attached to an aromatic ring is 8. The number of nitrogens with zero attached hydrogens (tertiary/aromatic N) is 8. The molecule has 19 N–H and O–H groups in total. The molecule has 4 aromatic carbocycles. The van der Waals surface area contributed by atoms with Crippen molar-refractivity contribution in [3.05, 3.63) is 159 Å². The van der Waals surface area contributed by atoms with E-state index in [9.17, 15) is 10.2 Å². The molecule has 8 aromatic rings. The summed E-state index contributed by atoms with van der Waals surface area (Å²) in [6.07, 6.45) is 3.51. The number of methoxy groups -OCH3 is 1. The highest BCUT2D eigenvalue weighted by molar-refractivity contribution is 6.30. The molecule has 8 rings (SSSR count). The van der Waals surface area contributed by atoms with Crippen molar-refractivity contribution in [1.29, 1.82) is 0 Å². The van der Waals surface area contributed by atoms with Gasteiger partial charge in [-0.1, -0.05) is 67.1 Å². The van der Waals surface area contributed by atoms with Crippen molar-refractivity contribution < 1.29 is 19.7 Å². The van der Waals surface area contributed by atoms with E-state index in [0.29, 0.717) is 64.6 Å². The van der Waals surface area contributed by atoms with Crippen LogP contribution in [0, 0.1) is 6.92 Å². The number of aliphatic hydroxyl groups excluding tert-OH is 2. The van der Waals surface area contributed by atoms with Gasteiger partial charge in [0.25, 0.3) is 0 Å². The van der Waals surface area contributed by atoms with Crippen LogP contribution in [-0.2, 0) is 32.5 Å². The number of aromatic nitrogens is 8. The van der Waals surface area contributed by atoms with E-state index >= 15 is 0 Å². The Morgan fingerprint density at radius 2 is 1.27 bits per heavy atom. The predicted molar refractivity (Wildman–Crippen MR) is 276 cm³/mol. The molecule has 364 valence electrons. The fourth-order valence-electron chi connectivity index (χ4n) is 6.57. The second-order valence-electron chi connectivity index (χ2n) is 15.1. The summed E-state index contributed by atoms with van der Waals surface area (Å²) in [5, 5.41) is 22.6. The smallest absolute Gasteiger partial charge is 0.226 e. The number of benzene rings is 4. The Bertz CT molecular complexity index is 2900. The van der Waals surface area contributed by atoms with Gasteiger partial charge in [-0.2, -0.15) is 29.9 Å². The molecule has 70 heavy (non-hydrogen) atoms. The van der Waals surface area contributed by atoms with Crippen LogP contribution < -0.4 is 60.7 Å². The number of nitrogens with two attached hydrogens (primary N) is 8. The number of aliphatic hydroxyl groups is 2. The first-order valence-electron chi connectivity index (χ1n) is 21.3. The van der Waals surface area contributed by atoms with Crippen molar-refractivity contribution >= 4 is 70.2 Å². The third kappa shape index (κ3) is 15.9. The number of hydrogen-bond acceptors (Lipinski definition) is 21. The van der Waals surface area contributed by atoms with Gasteiger partial charge >= 0.3 is 0 Å².